The van der Waals surface area contributed by atoms with Crippen LogP contribution in [-0.4, -0.2) is 6.54 Å². The van der Waals surface area contributed by atoms with E-state index in [1.165, 1.54) is 16.7 Å². The third-order valence-electron chi connectivity index (χ3n) is 2.69. The SMILES string of the molecule is CCNCc1cccc(-c2ccccc2Br)c1. The molecule has 0 bridgehead atoms. The third kappa shape index (κ3) is 3.18. The van der Waals surface area contributed by atoms with E-state index in [-0.39, 0.29) is 0 Å². The molecule has 0 heterocycles. The largest absolute Gasteiger partial charge is 0.313 e. The number of rotatable bonds is 4. The van der Waals surface area contributed by atoms with E-state index in [0.29, 0.717) is 0 Å². The van der Waals surface area contributed by atoms with Crippen molar-refractivity contribution in [1.82, 2.24) is 5.32 Å². The molecule has 2 rings (SSSR count). The average molecular weight is 290 g/mol. The van der Waals surface area contributed by atoms with Crippen molar-refractivity contribution in [1.29, 1.82) is 0 Å². The summed E-state index contributed by atoms with van der Waals surface area (Å²) in [5.41, 5.74) is 3.82. The predicted molar refractivity (Wildman–Crippen MR) is 77.0 cm³/mol. The fourth-order valence-corrected chi connectivity index (χ4v) is 2.33. The molecule has 0 aromatic heterocycles. The molecule has 17 heavy (non-hydrogen) atoms. The fraction of sp³-hybridized carbons (Fsp3) is 0.200. The first-order valence-corrected chi connectivity index (χ1v) is 6.65. The van der Waals surface area contributed by atoms with Crippen LogP contribution in [0.5, 0.6) is 0 Å². The van der Waals surface area contributed by atoms with Crippen LogP contribution in [0.25, 0.3) is 11.1 Å². The molecule has 0 spiro atoms. The lowest BCUT2D eigenvalue weighted by atomic mass is 10.0. The molecule has 88 valence electrons. The number of hydrogen-bond donors (Lipinski definition) is 1. The van der Waals surface area contributed by atoms with Crippen LogP contribution < -0.4 is 5.32 Å². The molecule has 2 aromatic rings. The van der Waals surface area contributed by atoms with Gasteiger partial charge in [0.25, 0.3) is 0 Å². The van der Waals surface area contributed by atoms with Crippen LogP contribution in [-0.2, 0) is 6.54 Å². The van der Waals surface area contributed by atoms with Crippen LogP contribution in [0, 0.1) is 0 Å². The minimum absolute atomic E-state index is 0.925. The van der Waals surface area contributed by atoms with Gasteiger partial charge in [0.05, 0.1) is 0 Å². The minimum Gasteiger partial charge on any atom is -0.313 e. The molecule has 1 nitrogen and oxygen atoms in total. The van der Waals surface area contributed by atoms with Gasteiger partial charge in [-0.3, -0.25) is 0 Å². The normalized spacial score (nSPS) is 10.5. The molecular weight excluding hydrogens is 274 g/mol. The summed E-state index contributed by atoms with van der Waals surface area (Å²) in [5.74, 6) is 0. The average Bonchev–Trinajstić information content (AvgIpc) is 2.37. The second-order valence-corrected chi connectivity index (χ2v) is 4.81. The zero-order valence-electron chi connectivity index (χ0n) is 9.91. The molecule has 0 aliphatic carbocycles. The van der Waals surface area contributed by atoms with Gasteiger partial charge in [-0.2, -0.15) is 0 Å². The maximum atomic E-state index is 3.59. The second-order valence-electron chi connectivity index (χ2n) is 3.96. The number of benzene rings is 2. The van der Waals surface area contributed by atoms with Crippen molar-refractivity contribution in [2.45, 2.75) is 13.5 Å². The van der Waals surface area contributed by atoms with Crippen molar-refractivity contribution in [2.24, 2.45) is 0 Å². The molecule has 0 saturated carbocycles. The minimum atomic E-state index is 0.925. The molecule has 0 unspecified atom stereocenters. The summed E-state index contributed by atoms with van der Waals surface area (Å²) in [5, 5.41) is 3.35. The molecule has 0 aliphatic heterocycles. The van der Waals surface area contributed by atoms with Gasteiger partial charge in [0, 0.05) is 11.0 Å². The highest BCUT2D eigenvalue weighted by molar-refractivity contribution is 9.10. The molecule has 0 saturated heterocycles. The monoisotopic (exact) mass is 289 g/mol. The van der Waals surface area contributed by atoms with Crippen LogP contribution in [0.2, 0.25) is 0 Å². The van der Waals surface area contributed by atoms with Crippen molar-refractivity contribution >= 4 is 15.9 Å². The van der Waals surface area contributed by atoms with E-state index in [1.54, 1.807) is 0 Å². The van der Waals surface area contributed by atoms with Gasteiger partial charge in [0.1, 0.15) is 0 Å². The fourth-order valence-electron chi connectivity index (χ4n) is 1.81. The summed E-state index contributed by atoms with van der Waals surface area (Å²) in [4.78, 5) is 0. The lowest BCUT2D eigenvalue weighted by molar-refractivity contribution is 0.727. The van der Waals surface area contributed by atoms with Crippen LogP contribution in [0.3, 0.4) is 0 Å². The van der Waals surface area contributed by atoms with Crippen LogP contribution in [0.15, 0.2) is 53.0 Å². The Balaban J connectivity index is 2.30. The van der Waals surface area contributed by atoms with Gasteiger partial charge in [-0.1, -0.05) is 59.3 Å². The zero-order valence-corrected chi connectivity index (χ0v) is 11.5. The zero-order chi connectivity index (χ0) is 12.1. The third-order valence-corrected chi connectivity index (χ3v) is 3.38. The van der Waals surface area contributed by atoms with Gasteiger partial charge in [0.2, 0.25) is 0 Å². The Morgan fingerprint density at radius 2 is 1.88 bits per heavy atom. The van der Waals surface area contributed by atoms with Gasteiger partial charge in [-0.25, -0.2) is 0 Å². The standard InChI is InChI=1S/C15H16BrN/c1-2-17-11-12-6-5-7-13(10-12)14-8-3-4-9-15(14)16/h3-10,17H,2,11H2,1H3. The highest BCUT2D eigenvalue weighted by atomic mass is 79.9. The molecule has 0 fully saturated rings. The van der Waals surface area contributed by atoms with E-state index in [0.717, 1.165) is 17.6 Å². The topological polar surface area (TPSA) is 12.0 Å². The first-order valence-electron chi connectivity index (χ1n) is 5.86. The first kappa shape index (κ1) is 12.3. The van der Waals surface area contributed by atoms with Crippen molar-refractivity contribution in [3.8, 4) is 11.1 Å². The summed E-state index contributed by atoms with van der Waals surface area (Å²) < 4.78 is 1.14. The number of nitrogens with one attached hydrogen (secondary N) is 1. The van der Waals surface area contributed by atoms with Crippen LogP contribution in [0.4, 0.5) is 0 Å². The van der Waals surface area contributed by atoms with Crippen molar-refractivity contribution in [3.63, 3.8) is 0 Å². The van der Waals surface area contributed by atoms with E-state index in [4.69, 9.17) is 0 Å². The highest BCUT2D eigenvalue weighted by Crippen LogP contribution is 2.28. The number of hydrogen-bond acceptors (Lipinski definition) is 1. The summed E-state index contributed by atoms with van der Waals surface area (Å²) in [6.45, 7) is 4.05. The Kier molecular flexibility index (Phi) is 4.35. The van der Waals surface area contributed by atoms with Crippen molar-refractivity contribution in [2.75, 3.05) is 6.54 Å². The Morgan fingerprint density at radius 3 is 2.65 bits per heavy atom. The Morgan fingerprint density at radius 1 is 1.06 bits per heavy atom. The Hall–Kier alpha value is -1.12. The van der Waals surface area contributed by atoms with E-state index >= 15 is 0 Å². The molecule has 0 atom stereocenters. The lowest BCUT2D eigenvalue weighted by Crippen LogP contribution is -2.11. The molecule has 0 aliphatic rings. The van der Waals surface area contributed by atoms with Crippen molar-refractivity contribution < 1.29 is 0 Å². The van der Waals surface area contributed by atoms with Gasteiger partial charge in [-0.15, -0.1) is 0 Å². The lowest BCUT2D eigenvalue weighted by Gasteiger charge is -2.07. The maximum absolute atomic E-state index is 3.59. The summed E-state index contributed by atoms with van der Waals surface area (Å²) in [7, 11) is 0. The van der Waals surface area contributed by atoms with Crippen LogP contribution in [0.1, 0.15) is 12.5 Å². The van der Waals surface area contributed by atoms with E-state index in [9.17, 15) is 0 Å². The smallest absolute Gasteiger partial charge is 0.0253 e. The van der Waals surface area contributed by atoms with E-state index < -0.39 is 0 Å². The quantitative estimate of drug-likeness (QED) is 0.888. The maximum Gasteiger partial charge on any atom is 0.0253 e. The molecule has 1 N–H and O–H groups in total. The molecule has 0 amide bonds. The first-order chi connectivity index (χ1) is 8.31. The van der Waals surface area contributed by atoms with Gasteiger partial charge in [-0.05, 0) is 35.4 Å². The molecule has 0 radical (unpaired) electrons. The van der Waals surface area contributed by atoms with Crippen LogP contribution >= 0.6 is 15.9 Å². The second kappa shape index (κ2) is 5.99. The molecule has 2 heteroatoms. The van der Waals surface area contributed by atoms with E-state index in [1.807, 2.05) is 6.07 Å². The Labute approximate surface area is 111 Å². The number of halogens is 1. The van der Waals surface area contributed by atoms with Gasteiger partial charge >= 0.3 is 0 Å². The summed E-state index contributed by atoms with van der Waals surface area (Å²) >= 11 is 3.59. The Bertz CT molecular complexity index is 494. The highest BCUT2D eigenvalue weighted by Gasteiger charge is 2.02. The molecule has 2 aromatic carbocycles. The summed E-state index contributed by atoms with van der Waals surface area (Å²) in [6.07, 6.45) is 0. The van der Waals surface area contributed by atoms with Gasteiger partial charge in [0.15, 0.2) is 0 Å². The van der Waals surface area contributed by atoms with Gasteiger partial charge < -0.3 is 5.32 Å². The van der Waals surface area contributed by atoms with Crippen molar-refractivity contribution in [3.05, 3.63) is 58.6 Å². The van der Waals surface area contributed by atoms with E-state index in [2.05, 4.69) is 70.6 Å². The molecular formula is C15H16BrN. The predicted octanol–water partition coefficient (Wildman–Crippen LogP) is 4.23. The summed E-state index contributed by atoms with van der Waals surface area (Å²) in [6, 6.07) is 17.0.